The van der Waals surface area contributed by atoms with E-state index in [1.54, 1.807) is 11.3 Å². The van der Waals surface area contributed by atoms with Crippen LogP contribution in [-0.2, 0) is 9.59 Å². The fourth-order valence-electron chi connectivity index (χ4n) is 2.93. The smallest absolute Gasteiger partial charge is 0.305 e. The first-order valence-corrected chi connectivity index (χ1v) is 8.55. The third kappa shape index (κ3) is 3.62. The number of carboxylic acids is 1. The van der Waals surface area contributed by atoms with E-state index in [0.717, 1.165) is 12.0 Å². The summed E-state index contributed by atoms with van der Waals surface area (Å²) in [5, 5.41) is 14.1. The van der Waals surface area contributed by atoms with Gasteiger partial charge in [-0.25, -0.2) is 0 Å². The Labute approximate surface area is 139 Å². The highest BCUT2D eigenvalue weighted by atomic mass is 32.1. The van der Waals surface area contributed by atoms with Gasteiger partial charge in [0.2, 0.25) is 5.91 Å². The van der Waals surface area contributed by atoms with Crippen LogP contribution in [0.3, 0.4) is 0 Å². The summed E-state index contributed by atoms with van der Waals surface area (Å²) in [5.74, 6) is -0.706. The highest BCUT2D eigenvalue weighted by molar-refractivity contribution is 7.10. The van der Waals surface area contributed by atoms with Crippen LogP contribution in [0.2, 0.25) is 0 Å². The summed E-state index contributed by atoms with van der Waals surface area (Å²) in [7, 11) is 0. The lowest BCUT2D eigenvalue weighted by molar-refractivity contribution is -0.137. The van der Waals surface area contributed by atoms with E-state index >= 15 is 0 Å². The van der Waals surface area contributed by atoms with Crippen LogP contribution in [0.4, 0.5) is 0 Å². The second kappa shape index (κ2) is 6.54. The summed E-state index contributed by atoms with van der Waals surface area (Å²) in [4.78, 5) is 24.9. The standard InChI is InChI=1S/C18H19NO3S/c1-11-7-8-23-17(11)13-9-14(13)18(22)19-15(10-16(20)21)12-5-3-2-4-6-12/h2-8,13-15H,9-10H2,1H3,(H,19,22)(H,20,21)/t13-,14-,15-/m1/s1. The number of hydrogen-bond donors (Lipinski definition) is 2. The van der Waals surface area contributed by atoms with Crippen molar-refractivity contribution in [3.05, 3.63) is 57.8 Å². The Morgan fingerprint density at radius 1 is 1.30 bits per heavy atom. The predicted octanol–water partition coefficient (Wildman–Crippen LogP) is 3.49. The van der Waals surface area contributed by atoms with Crippen LogP contribution in [0.1, 0.15) is 40.8 Å². The third-order valence-corrected chi connectivity index (χ3v) is 5.41. The molecule has 2 aromatic rings. The number of rotatable bonds is 6. The van der Waals surface area contributed by atoms with E-state index in [1.807, 2.05) is 30.3 Å². The highest BCUT2D eigenvalue weighted by Gasteiger charge is 2.45. The average molecular weight is 329 g/mol. The van der Waals surface area contributed by atoms with Gasteiger partial charge in [0.25, 0.3) is 0 Å². The first-order chi connectivity index (χ1) is 11.1. The molecule has 1 amide bonds. The van der Waals surface area contributed by atoms with Crippen molar-refractivity contribution < 1.29 is 14.7 Å². The van der Waals surface area contributed by atoms with Crippen molar-refractivity contribution in [3.63, 3.8) is 0 Å². The summed E-state index contributed by atoms with van der Waals surface area (Å²) in [6.07, 6.45) is 0.743. The summed E-state index contributed by atoms with van der Waals surface area (Å²) in [5.41, 5.74) is 2.06. The zero-order chi connectivity index (χ0) is 16.4. The Kier molecular flexibility index (Phi) is 4.48. The molecule has 0 radical (unpaired) electrons. The van der Waals surface area contributed by atoms with Crippen molar-refractivity contribution in [2.24, 2.45) is 5.92 Å². The van der Waals surface area contributed by atoms with Gasteiger partial charge in [0.1, 0.15) is 0 Å². The normalized spacial score (nSPS) is 20.7. The Bertz CT molecular complexity index is 710. The number of carbonyl (C=O) groups excluding carboxylic acids is 1. The molecule has 1 aliphatic rings. The van der Waals surface area contributed by atoms with Crippen LogP contribution in [0.25, 0.3) is 0 Å². The number of aliphatic carboxylic acids is 1. The van der Waals surface area contributed by atoms with Gasteiger partial charge in [-0.05, 0) is 35.9 Å². The molecule has 0 saturated heterocycles. The Hall–Kier alpha value is -2.14. The van der Waals surface area contributed by atoms with E-state index in [9.17, 15) is 9.59 Å². The van der Waals surface area contributed by atoms with Crippen molar-refractivity contribution >= 4 is 23.2 Å². The number of thiophene rings is 1. The van der Waals surface area contributed by atoms with Crippen LogP contribution in [0.5, 0.6) is 0 Å². The van der Waals surface area contributed by atoms with E-state index < -0.39 is 12.0 Å². The van der Waals surface area contributed by atoms with E-state index in [1.165, 1.54) is 10.4 Å². The van der Waals surface area contributed by atoms with E-state index in [-0.39, 0.29) is 24.2 Å². The molecule has 1 aromatic heterocycles. The fraction of sp³-hybridized carbons (Fsp3) is 0.333. The Morgan fingerprint density at radius 2 is 2.04 bits per heavy atom. The molecule has 5 heteroatoms. The van der Waals surface area contributed by atoms with Crippen molar-refractivity contribution in [2.45, 2.75) is 31.7 Å². The molecular formula is C18H19NO3S. The van der Waals surface area contributed by atoms with Crippen molar-refractivity contribution in [1.29, 1.82) is 0 Å². The monoisotopic (exact) mass is 329 g/mol. The molecule has 2 N–H and O–H groups in total. The molecule has 1 heterocycles. The average Bonchev–Trinajstić information content (AvgIpc) is 3.21. The van der Waals surface area contributed by atoms with Crippen LogP contribution < -0.4 is 5.32 Å². The number of carboxylic acid groups (broad SMARTS) is 1. The number of benzene rings is 1. The van der Waals surface area contributed by atoms with Gasteiger partial charge in [0.15, 0.2) is 0 Å². The summed E-state index contributed by atoms with van der Waals surface area (Å²) < 4.78 is 0. The number of hydrogen-bond acceptors (Lipinski definition) is 3. The zero-order valence-electron chi connectivity index (χ0n) is 12.9. The lowest BCUT2D eigenvalue weighted by atomic mass is 10.0. The fourth-order valence-corrected chi connectivity index (χ4v) is 4.04. The van der Waals surface area contributed by atoms with Crippen LogP contribution in [0.15, 0.2) is 41.8 Å². The maximum Gasteiger partial charge on any atom is 0.305 e. The lowest BCUT2D eigenvalue weighted by Crippen LogP contribution is -2.31. The number of amides is 1. The van der Waals surface area contributed by atoms with Crippen LogP contribution in [0, 0.1) is 12.8 Å². The van der Waals surface area contributed by atoms with Crippen LogP contribution >= 0.6 is 11.3 Å². The second-order valence-corrected chi connectivity index (χ2v) is 6.93. The largest absolute Gasteiger partial charge is 0.481 e. The molecule has 0 unspecified atom stereocenters. The molecule has 4 nitrogen and oxygen atoms in total. The Morgan fingerprint density at radius 3 is 2.65 bits per heavy atom. The maximum atomic E-state index is 12.5. The third-order valence-electron chi connectivity index (χ3n) is 4.26. The van der Waals surface area contributed by atoms with Gasteiger partial charge < -0.3 is 10.4 Å². The minimum absolute atomic E-state index is 0.0349. The first kappa shape index (κ1) is 15.7. The lowest BCUT2D eigenvalue weighted by Gasteiger charge is -2.17. The number of aryl methyl sites for hydroxylation is 1. The molecule has 1 saturated carbocycles. The summed E-state index contributed by atoms with van der Waals surface area (Å²) in [6, 6.07) is 10.9. The Balaban J connectivity index is 1.68. The summed E-state index contributed by atoms with van der Waals surface area (Å²) in [6.45, 7) is 2.07. The molecule has 3 atom stereocenters. The minimum Gasteiger partial charge on any atom is -0.481 e. The van der Waals surface area contributed by atoms with Gasteiger partial charge >= 0.3 is 5.97 Å². The van der Waals surface area contributed by atoms with Crippen molar-refractivity contribution in [1.82, 2.24) is 5.32 Å². The van der Waals surface area contributed by atoms with Crippen molar-refractivity contribution in [2.75, 3.05) is 0 Å². The second-order valence-electron chi connectivity index (χ2n) is 5.99. The topological polar surface area (TPSA) is 66.4 Å². The number of nitrogens with one attached hydrogen (secondary N) is 1. The molecule has 120 valence electrons. The predicted molar refractivity (Wildman–Crippen MR) is 89.5 cm³/mol. The number of carbonyl (C=O) groups is 2. The molecular weight excluding hydrogens is 310 g/mol. The quantitative estimate of drug-likeness (QED) is 0.852. The van der Waals surface area contributed by atoms with Gasteiger partial charge in [-0.2, -0.15) is 0 Å². The molecule has 3 rings (SSSR count). The zero-order valence-corrected chi connectivity index (χ0v) is 13.7. The molecule has 23 heavy (non-hydrogen) atoms. The summed E-state index contributed by atoms with van der Waals surface area (Å²) >= 11 is 1.69. The van der Waals surface area contributed by atoms with E-state index in [4.69, 9.17) is 5.11 Å². The molecule has 0 spiro atoms. The molecule has 0 bridgehead atoms. The van der Waals surface area contributed by atoms with Crippen molar-refractivity contribution in [3.8, 4) is 0 Å². The van der Waals surface area contributed by atoms with Gasteiger partial charge in [-0.15, -0.1) is 11.3 Å². The van der Waals surface area contributed by atoms with Gasteiger partial charge in [-0.3, -0.25) is 9.59 Å². The minimum atomic E-state index is -0.916. The molecule has 1 aromatic carbocycles. The SMILES string of the molecule is Cc1ccsc1[C@@H]1C[C@H]1C(=O)N[C@H](CC(=O)O)c1ccccc1. The first-order valence-electron chi connectivity index (χ1n) is 7.67. The van der Waals surface area contributed by atoms with E-state index in [2.05, 4.69) is 23.7 Å². The molecule has 1 fully saturated rings. The van der Waals surface area contributed by atoms with Crippen LogP contribution in [-0.4, -0.2) is 17.0 Å². The molecule has 0 aliphatic heterocycles. The highest BCUT2D eigenvalue weighted by Crippen LogP contribution is 2.50. The van der Waals surface area contributed by atoms with E-state index in [0.29, 0.717) is 0 Å². The maximum absolute atomic E-state index is 12.5. The van der Waals surface area contributed by atoms with Gasteiger partial charge in [-0.1, -0.05) is 30.3 Å². The van der Waals surface area contributed by atoms with Gasteiger partial charge in [0, 0.05) is 16.7 Å². The van der Waals surface area contributed by atoms with Gasteiger partial charge in [0.05, 0.1) is 12.5 Å². The molecule has 1 aliphatic carbocycles.